The number of carbonyl (C=O) groups excluding carboxylic acids is 2. The first-order valence-corrected chi connectivity index (χ1v) is 6.06. The number of carbonyl (C=O) groups is 2. The SMILES string of the molecule is CCCCC(=O)/C=C/c1ccc(C(=O)OC)cc1. The molecule has 1 aromatic rings. The van der Waals surface area contributed by atoms with Gasteiger partial charge in [0.05, 0.1) is 12.7 Å². The molecule has 0 N–H and O–H groups in total. The van der Waals surface area contributed by atoms with Crippen molar-refractivity contribution in [1.29, 1.82) is 0 Å². The highest BCUT2D eigenvalue weighted by atomic mass is 16.5. The van der Waals surface area contributed by atoms with Crippen molar-refractivity contribution < 1.29 is 14.3 Å². The average Bonchev–Trinajstić information content (AvgIpc) is 2.42. The lowest BCUT2D eigenvalue weighted by Crippen LogP contribution is -2.00. The predicted octanol–water partition coefficient (Wildman–Crippen LogP) is 3.25. The van der Waals surface area contributed by atoms with Gasteiger partial charge < -0.3 is 4.74 Å². The van der Waals surface area contributed by atoms with E-state index in [1.165, 1.54) is 7.11 Å². The average molecular weight is 246 g/mol. The van der Waals surface area contributed by atoms with Gasteiger partial charge in [-0.25, -0.2) is 4.79 Å². The maximum absolute atomic E-state index is 11.4. The number of ketones is 1. The molecule has 1 aromatic carbocycles. The molecule has 3 heteroatoms. The van der Waals surface area contributed by atoms with Crippen molar-refractivity contribution in [2.75, 3.05) is 7.11 Å². The van der Waals surface area contributed by atoms with Crippen LogP contribution >= 0.6 is 0 Å². The molecule has 0 fully saturated rings. The van der Waals surface area contributed by atoms with Crippen molar-refractivity contribution in [1.82, 2.24) is 0 Å². The number of esters is 1. The Hall–Kier alpha value is -1.90. The Morgan fingerprint density at radius 3 is 2.44 bits per heavy atom. The maximum atomic E-state index is 11.4. The van der Waals surface area contributed by atoms with Crippen LogP contribution in [0.15, 0.2) is 30.3 Å². The lowest BCUT2D eigenvalue weighted by atomic mass is 10.1. The van der Waals surface area contributed by atoms with Gasteiger partial charge >= 0.3 is 5.97 Å². The smallest absolute Gasteiger partial charge is 0.337 e. The minimum Gasteiger partial charge on any atom is -0.465 e. The van der Waals surface area contributed by atoms with Crippen molar-refractivity contribution in [2.45, 2.75) is 26.2 Å². The van der Waals surface area contributed by atoms with Gasteiger partial charge in [-0.15, -0.1) is 0 Å². The lowest BCUT2D eigenvalue weighted by Gasteiger charge is -1.99. The Morgan fingerprint density at radius 1 is 1.22 bits per heavy atom. The monoisotopic (exact) mass is 246 g/mol. The topological polar surface area (TPSA) is 43.4 Å². The van der Waals surface area contributed by atoms with Crippen LogP contribution in [0.2, 0.25) is 0 Å². The summed E-state index contributed by atoms with van der Waals surface area (Å²) in [6, 6.07) is 6.94. The number of rotatable bonds is 6. The molecule has 0 amide bonds. The summed E-state index contributed by atoms with van der Waals surface area (Å²) in [5.74, 6) is -0.224. The molecule has 0 bridgehead atoms. The molecule has 96 valence electrons. The van der Waals surface area contributed by atoms with Crippen LogP contribution < -0.4 is 0 Å². The van der Waals surface area contributed by atoms with Crippen LogP contribution in [0.5, 0.6) is 0 Å². The van der Waals surface area contributed by atoms with Crippen LogP contribution in [0.4, 0.5) is 0 Å². The molecule has 0 aromatic heterocycles. The highest BCUT2D eigenvalue weighted by Crippen LogP contribution is 2.08. The summed E-state index contributed by atoms with van der Waals surface area (Å²) in [6.07, 6.45) is 5.88. The molecule has 0 heterocycles. The zero-order chi connectivity index (χ0) is 13.4. The molecule has 0 aliphatic carbocycles. The fraction of sp³-hybridized carbons (Fsp3) is 0.333. The molecule has 0 radical (unpaired) electrons. The fourth-order valence-corrected chi connectivity index (χ4v) is 1.47. The standard InChI is InChI=1S/C15H18O3/c1-3-4-5-14(16)11-8-12-6-9-13(10-7-12)15(17)18-2/h6-11H,3-5H2,1-2H3/b11-8+. The van der Waals surface area contributed by atoms with Crippen molar-refractivity contribution >= 4 is 17.8 Å². The van der Waals surface area contributed by atoms with Gasteiger partial charge in [0.2, 0.25) is 0 Å². The molecule has 0 saturated heterocycles. The van der Waals surface area contributed by atoms with E-state index in [2.05, 4.69) is 11.7 Å². The summed E-state index contributed by atoms with van der Waals surface area (Å²) >= 11 is 0. The number of benzene rings is 1. The van der Waals surface area contributed by atoms with Gasteiger partial charge in [0, 0.05) is 6.42 Å². The van der Waals surface area contributed by atoms with E-state index in [0.717, 1.165) is 18.4 Å². The van der Waals surface area contributed by atoms with Crippen LogP contribution in [0.25, 0.3) is 6.08 Å². The number of hydrogen-bond donors (Lipinski definition) is 0. The van der Waals surface area contributed by atoms with E-state index in [4.69, 9.17) is 0 Å². The van der Waals surface area contributed by atoms with E-state index in [9.17, 15) is 9.59 Å². The third kappa shape index (κ3) is 4.53. The van der Waals surface area contributed by atoms with E-state index in [-0.39, 0.29) is 11.8 Å². The van der Waals surface area contributed by atoms with E-state index in [1.807, 2.05) is 0 Å². The maximum Gasteiger partial charge on any atom is 0.337 e. The first-order valence-electron chi connectivity index (χ1n) is 6.06. The summed E-state index contributed by atoms with van der Waals surface area (Å²) in [5.41, 5.74) is 1.40. The summed E-state index contributed by atoms with van der Waals surface area (Å²) < 4.78 is 4.61. The van der Waals surface area contributed by atoms with Crippen molar-refractivity contribution in [3.8, 4) is 0 Å². The summed E-state index contributed by atoms with van der Waals surface area (Å²) in [6.45, 7) is 2.06. The van der Waals surface area contributed by atoms with E-state index < -0.39 is 0 Å². The first-order chi connectivity index (χ1) is 8.67. The Bertz CT molecular complexity index is 430. The van der Waals surface area contributed by atoms with Crippen LogP contribution in [0.1, 0.15) is 42.1 Å². The molecule has 0 aliphatic heterocycles. The molecule has 0 saturated carbocycles. The highest BCUT2D eigenvalue weighted by Gasteiger charge is 2.03. The quantitative estimate of drug-likeness (QED) is 0.571. The Balaban J connectivity index is 2.60. The Labute approximate surface area is 107 Å². The molecule has 0 spiro atoms. The van der Waals surface area contributed by atoms with E-state index >= 15 is 0 Å². The van der Waals surface area contributed by atoms with Gasteiger partial charge in [0.15, 0.2) is 5.78 Å². The number of unbranched alkanes of at least 4 members (excludes halogenated alkanes) is 1. The van der Waals surface area contributed by atoms with E-state index in [0.29, 0.717) is 12.0 Å². The first kappa shape index (κ1) is 14.2. The Morgan fingerprint density at radius 2 is 1.89 bits per heavy atom. The third-order valence-electron chi connectivity index (χ3n) is 2.57. The molecule has 1 rings (SSSR count). The molecule has 0 unspecified atom stereocenters. The van der Waals surface area contributed by atoms with Crippen molar-refractivity contribution in [3.05, 3.63) is 41.5 Å². The zero-order valence-corrected chi connectivity index (χ0v) is 10.8. The molecule has 0 aliphatic rings. The zero-order valence-electron chi connectivity index (χ0n) is 10.8. The van der Waals surface area contributed by atoms with Crippen molar-refractivity contribution in [3.63, 3.8) is 0 Å². The van der Waals surface area contributed by atoms with Gasteiger partial charge in [-0.3, -0.25) is 4.79 Å². The van der Waals surface area contributed by atoms with Crippen molar-refractivity contribution in [2.24, 2.45) is 0 Å². The van der Waals surface area contributed by atoms with Crippen LogP contribution in [0, 0.1) is 0 Å². The number of ether oxygens (including phenoxy) is 1. The highest BCUT2D eigenvalue weighted by molar-refractivity contribution is 5.94. The second kappa shape index (κ2) is 7.43. The number of allylic oxidation sites excluding steroid dienone is 1. The van der Waals surface area contributed by atoms with Gasteiger partial charge in [0.25, 0.3) is 0 Å². The second-order valence-electron chi connectivity index (χ2n) is 4.02. The molecule has 18 heavy (non-hydrogen) atoms. The molecule has 0 atom stereocenters. The minimum absolute atomic E-state index is 0.133. The van der Waals surface area contributed by atoms with Gasteiger partial charge in [-0.05, 0) is 30.2 Å². The molecule has 3 nitrogen and oxygen atoms in total. The summed E-state index contributed by atoms with van der Waals surface area (Å²) in [5, 5.41) is 0. The summed E-state index contributed by atoms with van der Waals surface area (Å²) in [7, 11) is 1.35. The molecular formula is C15H18O3. The van der Waals surface area contributed by atoms with E-state index in [1.54, 1.807) is 36.4 Å². The lowest BCUT2D eigenvalue weighted by molar-refractivity contribution is -0.114. The fourth-order valence-electron chi connectivity index (χ4n) is 1.47. The van der Waals surface area contributed by atoms with Crippen LogP contribution in [-0.4, -0.2) is 18.9 Å². The predicted molar refractivity (Wildman–Crippen MR) is 71.3 cm³/mol. The third-order valence-corrected chi connectivity index (χ3v) is 2.57. The minimum atomic E-state index is -0.357. The number of hydrogen-bond acceptors (Lipinski definition) is 3. The largest absolute Gasteiger partial charge is 0.465 e. The van der Waals surface area contributed by atoms with Gasteiger partial charge in [-0.2, -0.15) is 0 Å². The Kier molecular flexibility index (Phi) is 5.85. The normalized spacial score (nSPS) is 10.6. The van der Waals surface area contributed by atoms with Gasteiger partial charge in [-0.1, -0.05) is 31.6 Å². The van der Waals surface area contributed by atoms with Crippen LogP contribution in [0.3, 0.4) is 0 Å². The number of methoxy groups -OCH3 is 1. The molecular weight excluding hydrogens is 228 g/mol. The van der Waals surface area contributed by atoms with Gasteiger partial charge in [0.1, 0.15) is 0 Å². The van der Waals surface area contributed by atoms with Crippen LogP contribution in [-0.2, 0) is 9.53 Å². The second-order valence-corrected chi connectivity index (χ2v) is 4.02. The summed E-state index contributed by atoms with van der Waals surface area (Å²) in [4.78, 5) is 22.7.